The van der Waals surface area contributed by atoms with E-state index < -0.39 is 0 Å². The molecule has 146 valence electrons. The molecule has 0 unspecified atom stereocenters. The number of ether oxygens (including phenoxy) is 4. The van der Waals surface area contributed by atoms with E-state index in [0.717, 1.165) is 11.1 Å². The van der Waals surface area contributed by atoms with Gasteiger partial charge in [-0.05, 0) is 35.4 Å². The molecule has 0 saturated carbocycles. The van der Waals surface area contributed by atoms with E-state index in [2.05, 4.69) is 20.4 Å². The van der Waals surface area contributed by atoms with Crippen molar-refractivity contribution in [1.29, 1.82) is 0 Å². The Bertz CT molecular complexity index is 855. The predicted molar refractivity (Wildman–Crippen MR) is 102 cm³/mol. The average Bonchev–Trinajstić information content (AvgIpc) is 2.74. The lowest BCUT2D eigenvalue weighted by Crippen LogP contribution is -2.07. The van der Waals surface area contributed by atoms with E-state index in [1.54, 1.807) is 28.4 Å². The maximum Gasteiger partial charge on any atom is 0.177 e. The van der Waals surface area contributed by atoms with Crippen LogP contribution in [-0.4, -0.2) is 48.8 Å². The van der Waals surface area contributed by atoms with Gasteiger partial charge in [0.1, 0.15) is 0 Å². The zero-order chi connectivity index (χ0) is 19.9. The Morgan fingerprint density at radius 1 is 0.536 bits per heavy atom. The number of benzene rings is 2. The van der Waals surface area contributed by atoms with Crippen LogP contribution in [0.5, 0.6) is 23.0 Å². The molecule has 8 nitrogen and oxygen atoms in total. The van der Waals surface area contributed by atoms with Gasteiger partial charge in [0.05, 0.1) is 28.4 Å². The molecule has 0 atom stereocenters. The highest BCUT2D eigenvalue weighted by molar-refractivity contribution is 5.44. The lowest BCUT2D eigenvalue weighted by Gasteiger charge is -2.09. The van der Waals surface area contributed by atoms with Gasteiger partial charge in [-0.2, -0.15) is 0 Å². The molecule has 3 rings (SSSR count). The first-order valence-corrected chi connectivity index (χ1v) is 8.63. The molecule has 0 radical (unpaired) electrons. The molecule has 28 heavy (non-hydrogen) atoms. The number of hydrogen-bond donors (Lipinski definition) is 0. The van der Waals surface area contributed by atoms with Gasteiger partial charge < -0.3 is 18.9 Å². The summed E-state index contributed by atoms with van der Waals surface area (Å²) in [5.41, 5.74) is 1.96. The van der Waals surface area contributed by atoms with Gasteiger partial charge in [-0.1, -0.05) is 12.1 Å². The number of nitrogens with zero attached hydrogens (tertiary/aromatic N) is 4. The van der Waals surface area contributed by atoms with E-state index in [1.807, 2.05) is 36.4 Å². The summed E-state index contributed by atoms with van der Waals surface area (Å²) in [5.74, 6) is 3.73. The van der Waals surface area contributed by atoms with E-state index in [9.17, 15) is 0 Å². The van der Waals surface area contributed by atoms with Crippen molar-refractivity contribution in [2.24, 2.45) is 0 Å². The minimum atomic E-state index is 0.497. The molecular weight excluding hydrogens is 360 g/mol. The minimum absolute atomic E-state index is 0.497. The average molecular weight is 382 g/mol. The molecule has 8 heteroatoms. The summed E-state index contributed by atoms with van der Waals surface area (Å²) >= 11 is 0. The Kier molecular flexibility index (Phi) is 6.21. The van der Waals surface area contributed by atoms with E-state index in [-0.39, 0.29) is 0 Å². The van der Waals surface area contributed by atoms with E-state index in [0.29, 0.717) is 47.5 Å². The van der Waals surface area contributed by atoms with Crippen LogP contribution in [0.25, 0.3) is 0 Å². The maximum atomic E-state index is 5.32. The van der Waals surface area contributed by atoms with Gasteiger partial charge in [-0.3, -0.25) is 0 Å². The molecule has 0 aliphatic rings. The standard InChI is InChI=1S/C20H22N4O4/c1-25-15-7-5-13(9-17(15)27-3)11-19-21-23-20(24-22-19)12-14-6-8-16(26-2)18(10-14)28-4/h5-10H,11-12H2,1-4H3. The summed E-state index contributed by atoms with van der Waals surface area (Å²) in [5, 5.41) is 16.8. The smallest absolute Gasteiger partial charge is 0.177 e. The van der Waals surface area contributed by atoms with Crippen LogP contribution in [0.2, 0.25) is 0 Å². The fraction of sp³-hybridized carbons (Fsp3) is 0.300. The minimum Gasteiger partial charge on any atom is -0.493 e. The van der Waals surface area contributed by atoms with E-state index in [4.69, 9.17) is 18.9 Å². The number of methoxy groups -OCH3 is 4. The van der Waals surface area contributed by atoms with Gasteiger partial charge >= 0.3 is 0 Å². The van der Waals surface area contributed by atoms with Crippen LogP contribution in [0.4, 0.5) is 0 Å². The SMILES string of the molecule is COc1ccc(Cc2nnc(Cc3ccc(OC)c(OC)c3)nn2)cc1OC. The maximum absolute atomic E-state index is 5.32. The molecule has 0 bridgehead atoms. The molecule has 0 fully saturated rings. The Morgan fingerprint density at radius 3 is 1.21 bits per heavy atom. The van der Waals surface area contributed by atoms with Crippen molar-refractivity contribution in [3.8, 4) is 23.0 Å². The Morgan fingerprint density at radius 2 is 0.893 bits per heavy atom. The highest BCUT2D eigenvalue weighted by Gasteiger charge is 2.10. The van der Waals surface area contributed by atoms with Crippen LogP contribution in [-0.2, 0) is 12.8 Å². The predicted octanol–water partition coefficient (Wildman–Crippen LogP) is 2.48. The molecule has 0 aliphatic carbocycles. The lowest BCUT2D eigenvalue weighted by atomic mass is 10.1. The second-order valence-corrected chi connectivity index (χ2v) is 5.96. The van der Waals surface area contributed by atoms with Gasteiger partial charge in [-0.15, -0.1) is 20.4 Å². The van der Waals surface area contributed by atoms with Crippen molar-refractivity contribution in [3.63, 3.8) is 0 Å². The van der Waals surface area contributed by atoms with Gasteiger partial charge in [0.2, 0.25) is 0 Å². The number of aromatic nitrogens is 4. The first-order valence-electron chi connectivity index (χ1n) is 8.63. The topological polar surface area (TPSA) is 88.5 Å². The molecule has 3 aromatic rings. The van der Waals surface area contributed by atoms with Gasteiger partial charge in [0.25, 0.3) is 0 Å². The third-order valence-electron chi connectivity index (χ3n) is 4.18. The van der Waals surface area contributed by atoms with Crippen molar-refractivity contribution in [1.82, 2.24) is 20.4 Å². The Hall–Kier alpha value is -3.42. The summed E-state index contributed by atoms with van der Waals surface area (Å²) in [4.78, 5) is 0. The van der Waals surface area contributed by atoms with Crippen molar-refractivity contribution < 1.29 is 18.9 Å². The van der Waals surface area contributed by atoms with Crippen molar-refractivity contribution in [3.05, 3.63) is 59.2 Å². The molecule has 2 aromatic carbocycles. The quantitative estimate of drug-likeness (QED) is 0.587. The van der Waals surface area contributed by atoms with Gasteiger partial charge in [-0.25, -0.2) is 0 Å². The molecular formula is C20H22N4O4. The summed E-state index contributed by atoms with van der Waals surface area (Å²) < 4.78 is 21.1. The first-order chi connectivity index (χ1) is 13.7. The fourth-order valence-electron chi connectivity index (χ4n) is 2.76. The summed E-state index contributed by atoms with van der Waals surface area (Å²) in [6.45, 7) is 0. The van der Waals surface area contributed by atoms with Crippen LogP contribution in [0.15, 0.2) is 36.4 Å². The van der Waals surface area contributed by atoms with Crippen LogP contribution in [0, 0.1) is 0 Å². The van der Waals surface area contributed by atoms with Crippen LogP contribution in [0.3, 0.4) is 0 Å². The molecule has 1 aromatic heterocycles. The van der Waals surface area contributed by atoms with Crippen molar-refractivity contribution >= 4 is 0 Å². The van der Waals surface area contributed by atoms with Crippen LogP contribution in [0.1, 0.15) is 22.8 Å². The Balaban J connectivity index is 1.70. The van der Waals surface area contributed by atoms with Crippen LogP contribution >= 0.6 is 0 Å². The monoisotopic (exact) mass is 382 g/mol. The second-order valence-electron chi connectivity index (χ2n) is 5.96. The first kappa shape index (κ1) is 19.3. The lowest BCUT2D eigenvalue weighted by molar-refractivity contribution is 0.354. The van der Waals surface area contributed by atoms with E-state index >= 15 is 0 Å². The summed E-state index contributed by atoms with van der Waals surface area (Å²) in [6, 6.07) is 11.3. The third-order valence-corrected chi connectivity index (χ3v) is 4.18. The van der Waals surface area contributed by atoms with Crippen molar-refractivity contribution in [2.75, 3.05) is 28.4 Å². The molecule has 1 heterocycles. The molecule has 0 saturated heterocycles. The summed E-state index contributed by atoms with van der Waals surface area (Å²) in [7, 11) is 6.41. The van der Waals surface area contributed by atoms with Gasteiger partial charge in [0, 0.05) is 12.8 Å². The van der Waals surface area contributed by atoms with Crippen LogP contribution < -0.4 is 18.9 Å². The summed E-state index contributed by atoms with van der Waals surface area (Å²) in [6.07, 6.45) is 0.994. The number of hydrogen-bond acceptors (Lipinski definition) is 8. The normalized spacial score (nSPS) is 10.4. The molecule has 0 aliphatic heterocycles. The zero-order valence-corrected chi connectivity index (χ0v) is 16.3. The van der Waals surface area contributed by atoms with Gasteiger partial charge in [0.15, 0.2) is 34.6 Å². The molecule has 0 spiro atoms. The fourth-order valence-corrected chi connectivity index (χ4v) is 2.76. The third kappa shape index (κ3) is 4.46. The highest BCUT2D eigenvalue weighted by atomic mass is 16.5. The Labute approximate surface area is 163 Å². The van der Waals surface area contributed by atoms with E-state index in [1.165, 1.54) is 0 Å². The largest absolute Gasteiger partial charge is 0.493 e. The number of rotatable bonds is 8. The molecule has 0 amide bonds. The van der Waals surface area contributed by atoms with Crippen molar-refractivity contribution in [2.45, 2.75) is 12.8 Å². The second kappa shape index (κ2) is 8.98. The molecule has 0 N–H and O–H groups in total. The zero-order valence-electron chi connectivity index (χ0n) is 16.3. The highest BCUT2D eigenvalue weighted by Crippen LogP contribution is 2.29.